The first-order valence-electron chi connectivity index (χ1n) is 12.7. The Kier molecular flexibility index (Phi) is 10.0. The molecule has 0 saturated heterocycles. The number of halogens is 4. The maximum Gasteiger partial charge on any atom is 0.338 e. The van der Waals surface area contributed by atoms with Crippen molar-refractivity contribution in [3.8, 4) is 0 Å². The van der Waals surface area contributed by atoms with Crippen molar-refractivity contribution in [1.29, 1.82) is 0 Å². The Hall–Kier alpha value is -3.63. The zero-order valence-corrected chi connectivity index (χ0v) is 25.7. The Bertz CT molecular complexity index is 1780. The van der Waals surface area contributed by atoms with E-state index >= 15 is 0 Å². The SMILES string of the molecule is Cc1cc(Cc2ccc(C(NO)c3c(Cl)ccc(Cl)c3C(=O)O)c(C)c2)ccc1NC(=O)c1c(Cl)ccc(Cl)c1C(=O)O. The average Bonchev–Trinajstić information content (AvgIpc) is 2.94. The van der Waals surface area contributed by atoms with Gasteiger partial charge in [-0.2, -0.15) is 5.48 Å². The van der Waals surface area contributed by atoms with Crippen molar-refractivity contribution in [3.63, 3.8) is 0 Å². The Labute approximate surface area is 266 Å². The molecule has 0 aliphatic carbocycles. The van der Waals surface area contributed by atoms with Crippen molar-refractivity contribution >= 4 is 69.9 Å². The van der Waals surface area contributed by atoms with Crippen LogP contribution in [0.25, 0.3) is 0 Å². The molecule has 222 valence electrons. The molecular formula is C31H24Cl4N2O6. The third kappa shape index (κ3) is 6.80. The van der Waals surface area contributed by atoms with E-state index in [2.05, 4.69) is 10.8 Å². The predicted octanol–water partition coefficient (Wildman–Crippen LogP) is 8.22. The molecule has 0 radical (unpaired) electrons. The third-order valence-corrected chi connectivity index (χ3v) is 8.18. The second-order valence-electron chi connectivity index (χ2n) is 9.74. The Balaban J connectivity index is 1.58. The van der Waals surface area contributed by atoms with Gasteiger partial charge in [-0.25, -0.2) is 9.59 Å². The van der Waals surface area contributed by atoms with Crippen LogP contribution < -0.4 is 10.8 Å². The first kappa shape index (κ1) is 32.3. The van der Waals surface area contributed by atoms with E-state index in [1.54, 1.807) is 19.1 Å². The van der Waals surface area contributed by atoms with Gasteiger partial charge < -0.3 is 20.7 Å². The van der Waals surface area contributed by atoms with Crippen molar-refractivity contribution in [1.82, 2.24) is 5.48 Å². The van der Waals surface area contributed by atoms with Gasteiger partial charge in [-0.1, -0.05) is 76.7 Å². The number of hydroxylamine groups is 1. The molecule has 0 bridgehead atoms. The molecule has 0 fully saturated rings. The minimum atomic E-state index is -1.37. The van der Waals surface area contributed by atoms with Gasteiger partial charge in [0.15, 0.2) is 0 Å². The van der Waals surface area contributed by atoms with E-state index in [9.17, 15) is 29.8 Å². The van der Waals surface area contributed by atoms with Gasteiger partial charge in [0, 0.05) is 16.3 Å². The molecule has 1 amide bonds. The van der Waals surface area contributed by atoms with Crippen molar-refractivity contribution in [2.24, 2.45) is 0 Å². The zero-order valence-electron chi connectivity index (χ0n) is 22.6. The molecule has 8 nitrogen and oxygen atoms in total. The summed E-state index contributed by atoms with van der Waals surface area (Å²) in [5.41, 5.74) is 5.94. The van der Waals surface area contributed by atoms with Gasteiger partial charge >= 0.3 is 11.9 Å². The van der Waals surface area contributed by atoms with Gasteiger partial charge in [-0.05, 0) is 78.4 Å². The predicted molar refractivity (Wildman–Crippen MR) is 167 cm³/mol. The highest BCUT2D eigenvalue weighted by Crippen LogP contribution is 2.36. The molecule has 1 unspecified atom stereocenters. The number of aromatic carboxylic acids is 2. The number of hydrogen-bond acceptors (Lipinski definition) is 5. The lowest BCUT2D eigenvalue weighted by Gasteiger charge is -2.22. The third-order valence-electron chi connectivity index (χ3n) is 6.91. The lowest BCUT2D eigenvalue weighted by atomic mass is 9.90. The van der Waals surface area contributed by atoms with E-state index in [0.29, 0.717) is 17.7 Å². The molecule has 0 saturated carbocycles. The molecule has 12 heteroatoms. The van der Waals surface area contributed by atoms with E-state index in [4.69, 9.17) is 46.4 Å². The van der Waals surface area contributed by atoms with Crippen LogP contribution in [0.15, 0.2) is 60.7 Å². The van der Waals surface area contributed by atoms with Gasteiger partial charge in [0.05, 0.1) is 37.8 Å². The van der Waals surface area contributed by atoms with Gasteiger partial charge in [-0.15, -0.1) is 0 Å². The summed E-state index contributed by atoms with van der Waals surface area (Å²) in [5, 5.41) is 32.0. The van der Waals surface area contributed by atoms with Crippen LogP contribution in [0.4, 0.5) is 5.69 Å². The highest BCUT2D eigenvalue weighted by atomic mass is 35.5. The van der Waals surface area contributed by atoms with Crippen molar-refractivity contribution in [3.05, 3.63) is 131 Å². The number of amides is 1. The second kappa shape index (κ2) is 13.3. The number of aryl methyl sites for hydroxylation is 2. The van der Waals surface area contributed by atoms with Crippen LogP contribution in [0, 0.1) is 13.8 Å². The summed E-state index contributed by atoms with van der Waals surface area (Å²) in [4.78, 5) is 36.6. The van der Waals surface area contributed by atoms with Crippen LogP contribution in [-0.2, 0) is 6.42 Å². The number of benzene rings is 4. The lowest BCUT2D eigenvalue weighted by Crippen LogP contribution is -2.23. The number of rotatable bonds is 9. The normalized spacial score (nSPS) is 11.7. The van der Waals surface area contributed by atoms with Gasteiger partial charge in [-0.3, -0.25) is 4.79 Å². The minimum absolute atomic E-state index is 0.00517. The number of hydrogen-bond donors (Lipinski definition) is 5. The monoisotopic (exact) mass is 660 g/mol. The van der Waals surface area contributed by atoms with Crippen LogP contribution >= 0.6 is 46.4 Å². The Morgan fingerprint density at radius 1 is 0.698 bits per heavy atom. The number of carbonyl (C=O) groups is 3. The first-order valence-corrected chi connectivity index (χ1v) is 14.2. The van der Waals surface area contributed by atoms with Crippen LogP contribution in [0.2, 0.25) is 20.1 Å². The van der Waals surface area contributed by atoms with E-state index in [-0.39, 0.29) is 42.3 Å². The molecule has 4 aromatic carbocycles. The fourth-order valence-electron chi connectivity index (χ4n) is 4.91. The Morgan fingerprint density at radius 3 is 1.74 bits per heavy atom. The molecule has 5 N–H and O–H groups in total. The first-order chi connectivity index (χ1) is 20.3. The van der Waals surface area contributed by atoms with E-state index in [1.165, 1.54) is 24.3 Å². The van der Waals surface area contributed by atoms with Gasteiger partial charge in [0.1, 0.15) is 0 Å². The summed E-state index contributed by atoms with van der Waals surface area (Å²) in [5.74, 6) is -3.35. The number of anilines is 1. The molecule has 43 heavy (non-hydrogen) atoms. The maximum atomic E-state index is 13.0. The number of carbonyl (C=O) groups excluding carboxylic acids is 1. The maximum absolute atomic E-state index is 13.0. The molecule has 1 atom stereocenters. The molecule has 0 aliphatic heterocycles. The molecule has 0 heterocycles. The van der Waals surface area contributed by atoms with Crippen LogP contribution in [-0.4, -0.2) is 33.3 Å². The zero-order chi connectivity index (χ0) is 31.6. The number of nitrogens with one attached hydrogen (secondary N) is 2. The topological polar surface area (TPSA) is 136 Å². The fourth-order valence-corrected chi connectivity index (χ4v) is 5.90. The van der Waals surface area contributed by atoms with Gasteiger partial charge in [0.2, 0.25) is 0 Å². The quantitative estimate of drug-likeness (QED) is 0.114. The summed E-state index contributed by atoms with van der Waals surface area (Å²) < 4.78 is 0. The van der Waals surface area contributed by atoms with Crippen LogP contribution in [0.1, 0.15) is 70.5 Å². The van der Waals surface area contributed by atoms with Crippen LogP contribution in [0.3, 0.4) is 0 Å². The number of carboxylic acid groups (broad SMARTS) is 2. The summed E-state index contributed by atoms with van der Waals surface area (Å²) in [6.45, 7) is 3.63. The minimum Gasteiger partial charge on any atom is -0.478 e. The molecule has 0 aliphatic rings. The number of carboxylic acids is 2. The second-order valence-corrected chi connectivity index (χ2v) is 11.4. The molecule has 4 rings (SSSR count). The summed E-state index contributed by atoms with van der Waals surface area (Å²) in [6, 6.07) is 15.6. The molecular weight excluding hydrogens is 638 g/mol. The van der Waals surface area contributed by atoms with Crippen molar-refractivity contribution < 1.29 is 29.8 Å². The Morgan fingerprint density at radius 2 is 1.21 bits per heavy atom. The largest absolute Gasteiger partial charge is 0.478 e. The van der Waals surface area contributed by atoms with Gasteiger partial charge in [0.25, 0.3) is 5.91 Å². The smallest absolute Gasteiger partial charge is 0.338 e. The summed E-state index contributed by atoms with van der Waals surface area (Å²) >= 11 is 24.7. The molecule has 0 aromatic heterocycles. The summed E-state index contributed by atoms with van der Waals surface area (Å²) in [7, 11) is 0. The van der Waals surface area contributed by atoms with E-state index in [1.807, 2.05) is 31.2 Å². The van der Waals surface area contributed by atoms with E-state index in [0.717, 1.165) is 22.3 Å². The fraction of sp³-hybridized carbons (Fsp3) is 0.129. The molecule has 0 spiro atoms. The average molecular weight is 662 g/mol. The van der Waals surface area contributed by atoms with Crippen LogP contribution in [0.5, 0.6) is 0 Å². The standard InChI is InChI=1S/C31H24Cl4N2O6/c1-14-11-16(3-5-18(14)28(37-43)24-19(32)6-8-21(34)26(24)30(39)40)13-17-4-10-23(15(2)12-17)36-29(38)25-20(33)7-9-22(35)27(25)31(41)42/h3-12,28,37,43H,13H2,1-2H3,(H,36,38)(H,39,40)(H,41,42). The van der Waals surface area contributed by atoms with Crippen molar-refractivity contribution in [2.75, 3.05) is 5.32 Å². The molecule has 4 aromatic rings. The highest BCUT2D eigenvalue weighted by Gasteiger charge is 2.27. The van der Waals surface area contributed by atoms with Crippen molar-refractivity contribution in [2.45, 2.75) is 26.3 Å². The lowest BCUT2D eigenvalue weighted by molar-refractivity contribution is 0.0682. The van der Waals surface area contributed by atoms with E-state index < -0.39 is 23.9 Å². The summed E-state index contributed by atoms with van der Waals surface area (Å²) in [6.07, 6.45) is 0.523. The highest BCUT2D eigenvalue weighted by molar-refractivity contribution is 6.39.